The fourth-order valence-electron chi connectivity index (χ4n) is 4.03. The summed E-state index contributed by atoms with van der Waals surface area (Å²) in [4.78, 5) is 0. The van der Waals surface area contributed by atoms with Crippen LogP contribution in [0.25, 0.3) is 0 Å². The number of ether oxygens (including phenoxy) is 1. The number of aliphatic hydroxyl groups is 1. The van der Waals surface area contributed by atoms with E-state index < -0.39 is 0 Å². The Morgan fingerprint density at radius 3 is 2.30 bits per heavy atom. The molecule has 20 heavy (non-hydrogen) atoms. The Hall–Kier alpha value is -0.0800. The van der Waals surface area contributed by atoms with Crippen molar-refractivity contribution in [2.75, 3.05) is 6.61 Å². The summed E-state index contributed by atoms with van der Waals surface area (Å²) in [6.45, 7) is 7.97. The van der Waals surface area contributed by atoms with Gasteiger partial charge in [0.1, 0.15) is 0 Å². The summed E-state index contributed by atoms with van der Waals surface area (Å²) in [5, 5.41) is 9.59. The zero-order valence-corrected chi connectivity index (χ0v) is 13.7. The first kappa shape index (κ1) is 16.3. The minimum Gasteiger partial charge on any atom is -0.393 e. The third-order valence-corrected chi connectivity index (χ3v) is 5.75. The monoisotopic (exact) mass is 282 g/mol. The maximum absolute atomic E-state index is 9.59. The topological polar surface area (TPSA) is 29.5 Å². The van der Waals surface area contributed by atoms with E-state index >= 15 is 0 Å². The van der Waals surface area contributed by atoms with Gasteiger partial charge in [-0.1, -0.05) is 33.6 Å². The van der Waals surface area contributed by atoms with E-state index in [0.717, 1.165) is 37.2 Å². The molecule has 2 nitrogen and oxygen atoms in total. The summed E-state index contributed by atoms with van der Waals surface area (Å²) in [6.07, 6.45) is 10.1. The van der Waals surface area contributed by atoms with Gasteiger partial charge in [-0.05, 0) is 62.2 Å². The maximum Gasteiger partial charge on any atom is 0.0578 e. The van der Waals surface area contributed by atoms with Crippen LogP contribution in [0.1, 0.15) is 72.1 Å². The lowest BCUT2D eigenvalue weighted by Crippen LogP contribution is -2.30. The molecule has 1 unspecified atom stereocenters. The van der Waals surface area contributed by atoms with E-state index in [4.69, 9.17) is 4.74 Å². The molecule has 2 saturated carbocycles. The molecular formula is C18H34O2. The van der Waals surface area contributed by atoms with Gasteiger partial charge >= 0.3 is 0 Å². The Morgan fingerprint density at radius 1 is 0.950 bits per heavy atom. The van der Waals surface area contributed by atoms with Gasteiger partial charge in [-0.2, -0.15) is 0 Å². The van der Waals surface area contributed by atoms with Gasteiger partial charge in [0, 0.05) is 6.61 Å². The molecule has 0 bridgehead atoms. The van der Waals surface area contributed by atoms with Crippen molar-refractivity contribution in [3.8, 4) is 0 Å². The first-order chi connectivity index (χ1) is 9.56. The molecule has 0 saturated heterocycles. The standard InChI is InChI=1S/C18H34O2/c1-13(2)16-5-4-6-18(11-16)20-12-14(3)15-7-9-17(19)10-8-15/h13-19H,4-12H2,1-3H3/t14?,15?,16-,17?,18-/m0/s1. The molecule has 0 spiro atoms. The van der Waals surface area contributed by atoms with E-state index in [0.29, 0.717) is 12.0 Å². The van der Waals surface area contributed by atoms with Crippen LogP contribution in [-0.2, 0) is 4.74 Å². The summed E-state index contributed by atoms with van der Waals surface area (Å²) >= 11 is 0. The lowest BCUT2D eigenvalue weighted by atomic mass is 9.79. The van der Waals surface area contributed by atoms with Gasteiger partial charge < -0.3 is 9.84 Å². The Balaban J connectivity index is 1.69. The SMILES string of the molecule is CC(CO[C@H]1CCC[C@H](C(C)C)C1)C1CCC(O)CC1. The average molecular weight is 282 g/mol. The van der Waals surface area contributed by atoms with Gasteiger partial charge in [-0.25, -0.2) is 0 Å². The van der Waals surface area contributed by atoms with Crippen molar-refractivity contribution in [1.29, 1.82) is 0 Å². The number of aliphatic hydroxyl groups excluding tert-OH is 1. The Morgan fingerprint density at radius 2 is 1.65 bits per heavy atom. The number of rotatable bonds is 5. The molecule has 0 radical (unpaired) electrons. The third kappa shape index (κ3) is 4.73. The van der Waals surface area contributed by atoms with Crippen LogP contribution >= 0.6 is 0 Å². The van der Waals surface area contributed by atoms with E-state index in [2.05, 4.69) is 20.8 Å². The van der Waals surface area contributed by atoms with E-state index in [9.17, 15) is 5.11 Å². The quantitative estimate of drug-likeness (QED) is 0.809. The Bertz CT molecular complexity index is 269. The van der Waals surface area contributed by atoms with Crippen LogP contribution in [0.5, 0.6) is 0 Å². The fraction of sp³-hybridized carbons (Fsp3) is 1.00. The summed E-state index contributed by atoms with van der Waals surface area (Å²) in [5.74, 6) is 3.09. The summed E-state index contributed by atoms with van der Waals surface area (Å²) < 4.78 is 6.24. The second-order valence-electron chi connectivity index (χ2n) is 7.67. The lowest BCUT2D eigenvalue weighted by Gasteiger charge is -2.34. The summed E-state index contributed by atoms with van der Waals surface area (Å²) in [6, 6.07) is 0. The molecule has 0 aromatic carbocycles. The zero-order valence-electron chi connectivity index (χ0n) is 13.7. The summed E-state index contributed by atoms with van der Waals surface area (Å²) in [7, 11) is 0. The van der Waals surface area contributed by atoms with Gasteiger partial charge in [0.05, 0.1) is 12.2 Å². The molecule has 1 N–H and O–H groups in total. The molecule has 2 rings (SSSR count). The number of hydrogen-bond donors (Lipinski definition) is 1. The van der Waals surface area contributed by atoms with E-state index in [-0.39, 0.29) is 6.10 Å². The van der Waals surface area contributed by atoms with Crippen LogP contribution in [0.15, 0.2) is 0 Å². The second-order valence-corrected chi connectivity index (χ2v) is 7.67. The lowest BCUT2D eigenvalue weighted by molar-refractivity contribution is -0.0242. The van der Waals surface area contributed by atoms with Crippen LogP contribution in [0.3, 0.4) is 0 Å². The first-order valence-electron chi connectivity index (χ1n) is 8.86. The van der Waals surface area contributed by atoms with Gasteiger partial charge in [-0.3, -0.25) is 0 Å². The molecule has 3 atom stereocenters. The van der Waals surface area contributed by atoms with Crippen LogP contribution < -0.4 is 0 Å². The van der Waals surface area contributed by atoms with E-state index in [1.165, 1.54) is 38.5 Å². The predicted octanol–water partition coefficient (Wildman–Crippen LogP) is 4.41. The van der Waals surface area contributed by atoms with Crippen molar-refractivity contribution in [3.05, 3.63) is 0 Å². The molecular weight excluding hydrogens is 248 g/mol. The third-order valence-electron chi connectivity index (χ3n) is 5.75. The normalized spacial score (nSPS) is 37.0. The van der Waals surface area contributed by atoms with Crippen LogP contribution in [0, 0.1) is 23.7 Å². The maximum atomic E-state index is 9.59. The van der Waals surface area contributed by atoms with Crippen molar-refractivity contribution >= 4 is 0 Å². The highest BCUT2D eigenvalue weighted by Gasteiger charge is 2.27. The van der Waals surface area contributed by atoms with Gasteiger partial charge in [0.25, 0.3) is 0 Å². The van der Waals surface area contributed by atoms with Gasteiger partial charge in [-0.15, -0.1) is 0 Å². The minimum atomic E-state index is -0.0375. The second kappa shape index (κ2) is 7.79. The van der Waals surface area contributed by atoms with Crippen LogP contribution in [-0.4, -0.2) is 23.9 Å². The zero-order chi connectivity index (χ0) is 14.5. The average Bonchev–Trinajstić information content (AvgIpc) is 2.46. The molecule has 2 heteroatoms. The molecule has 0 aromatic rings. The van der Waals surface area contributed by atoms with Crippen LogP contribution in [0.4, 0.5) is 0 Å². The fourth-order valence-corrected chi connectivity index (χ4v) is 4.03. The Kier molecular flexibility index (Phi) is 6.35. The first-order valence-corrected chi connectivity index (χ1v) is 8.86. The van der Waals surface area contributed by atoms with Crippen molar-refractivity contribution in [1.82, 2.24) is 0 Å². The predicted molar refractivity (Wildman–Crippen MR) is 83.7 cm³/mol. The largest absolute Gasteiger partial charge is 0.393 e. The molecule has 0 heterocycles. The molecule has 2 aliphatic carbocycles. The molecule has 118 valence electrons. The van der Waals surface area contributed by atoms with Gasteiger partial charge in [0.2, 0.25) is 0 Å². The van der Waals surface area contributed by atoms with Crippen molar-refractivity contribution < 1.29 is 9.84 Å². The molecule has 2 fully saturated rings. The molecule has 0 amide bonds. The highest BCUT2D eigenvalue weighted by atomic mass is 16.5. The van der Waals surface area contributed by atoms with Crippen molar-refractivity contribution in [2.45, 2.75) is 84.3 Å². The number of hydrogen-bond acceptors (Lipinski definition) is 2. The smallest absolute Gasteiger partial charge is 0.0578 e. The van der Waals surface area contributed by atoms with E-state index in [1.54, 1.807) is 0 Å². The molecule has 0 aliphatic heterocycles. The van der Waals surface area contributed by atoms with Crippen LogP contribution in [0.2, 0.25) is 0 Å². The molecule has 2 aliphatic rings. The van der Waals surface area contributed by atoms with Crippen molar-refractivity contribution in [3.63, 3.8) is 0 Å². The van der Waals surface area contributed by atoms with Crippen molar-refractivity contribution in [2.24, 2.45) is 23.7 Å². The van der Waals surface area contributed by atoms with Gasteiger partial charge in [0.15, 0.2) is 0 Å². The highest BCUT2D eigenvalue weighted by molar-refractivity contribution is 4.78. The Labute approximate surface area is 125 Å². The van der Waals surface area contributed by atoms with E-state index in [1.807, 2.05) is 0 Å². The highest BCUT2D eigenvalue weighted by Crippen LogP contribution is 2.33. The molecule has 0 aromatic heterocycles. The summed E-state index contributed by atoms with van der Waals surface area (Å²) in [5.41, 5.74) is 0. The minimum absolute atomic E-state index is 0.0375.